The summed E-state index contributed by atoms with van der Waals surface area (Å²) >= 11 is 0. The van der Waals surface area contributed by atoms with Crippen molar-refractivity contribution in [2.24, 2.45) is 0 Å². The van der Waals surface area contributed by atoms with E-state index < -0.39 is 5.97 Å². The molecule has 2 heterocycles. The maximum atomic E-state index is 9.37. The first-order chi connectivity index (χ1) is 7.24. The van der Waals surface area contributed by atoms with Crippen LogP contribution in [0, 0.1) is 0 Å². The minimum Gasteiger partial charge on any atom is -0.481 e. The molecule has 0 saturated carbocycles. The molecule has 2 rings (SSSR count). The highest BCUT2D eigenvalue weighted by molar-refractivity contribution is 5.66. The van der Waals surface area contributed by atoms with E-state index in [0.29, 0.717) is 0 Å². The second-order valence-corrected chi connectivity index (χ2v) is 3.12. The average molecular weight is 205 g/mol. The molecule has 0 amide bonds. The molecule has 0 aromatic heterocycles. The zero-order valence-corrected chi connectivity index (χ0v) is 8.76. The molecule has 1 N–H and O–H groups in total. The lowest BCUT2D eigenvalue weighted by Crippen LogP contribution is -2.18. The van der Waals surface area contributed by atoms with E-state index in [1.54, 1.807) is 6.92 Å². The predicted octanol–water partition coefficient (Wildman–Crippen LogP) is 2.31. The molecule has 80 valence electrons. The molecule has 0 saturated heterocycles. The Labute approximate surface area is 89.7 Å². The Morgan fingerprint density at radius 3 is 2.80 bits per heavy atom. The zero-order valence-electron chi connectivity index (χ0n) is 8.76. The molecule has 0 aromatic rings. The van der Waals surface area contributed by atoms with Gasteiger partial charge in [-0.3, -0.25) is 4.79 Å². The maximum absolute atomic E-state index is 9.37. The van der Waals surface area contributed by atoms with Crippen molar-refractivity contribution in [1.82, 2.24) is 4.90 Å². The van der Waals surface area contributed by atoms with Crippen molar-refractivity contribution in [2.45, 2.75) is 13.3 Å². The van der Waals surface area contributed by atoms with Crippen LogP contribution in [0.1, 0.15) is 13.3 Å². The average Bonchev–Trinajstić information content (AvgIpc) is 2.30. The number of hydrogen-bond acceptors (Lipinski definition) is 2. The SMILES string of the molecule is C1=CCN2C=CC=CC2=C1.CCC(=O)O. The lowest BCUT2D eigenvalue weighted by Gasteiger charge is -2.23. The van der Waals surface area contributed by atoms with Crippen LogP contribution in [0.15, 0.2) is 48.4 Å². The molecule has 15 heavy (non-hydrogen) atoms. The fourth-order valence-corrected chi connectivity index (χ4v) is 1.15. The number of carboxylic acids is 1. The Bertz CT molecular complexity index is 338. The number of nitrogens with zero attached hydrogens (tertiary/aromatic N) is 1. The number of rotatable bonds is 1. The van der Waals surface area contributed by atoms with E-state index in [2.05, 4.69) is 47.6 Å². The summed E-state index contributed by atoms with van der Waals surface area (Å²) in [6.07, 6.45) is 14.9. The molecular weight excluding hydrogens is 190 g/mol. The van der Waals surface area contributed by atoms with Gasteiger partial charge in [0.1, 0.15) is 0 Å². The fourth-order valence-electron chi connectivity index (χ4n) is 1.15. The third-order valence-corrected chi connectivity index (χ3v) is 1.98. The Hall–Kier alpha value is -1.77. The largest absolute Gasteiger partial charge is 0.481 e. The normalized spacial score (nSPS) is 16.3. The minimum atomic E-state index is -0.745. The summed E-state index contributed by atoms with van der Waals surface area (Å²) in [5.41, 5.74) is 1.28. The van der Waals surface area contributed by atoms with Gasteiger partial charge in [0.25, 0.3) is 0 Å². The van der Waals surface area contributed by atoms with Gasteiger partial charge in [-0.2, -0.15) is 0 Å². The van der Waals surface area contributed by atoms with Gasteiger partial charge in [0, 0.05) is 24.9 Å². The van der Waals surface area contributed by atoms with E-state index in [0.717, 1.165) is 6.54 Å². The van der Waals surface area contributed by atoms with Gasteiger partial charge in [-0.25, -0.2) is 0 Å². The van der Waals surface area contributed by atoms with E-state index >= 15 is 0 Å². The lowest BCUT2D eigenvalue weighted by molar-refractivity contribution is -0.136. The van der Waals surface area contributed by atoms with Crippen LogP contribution in [0.2, 0.25) is 0 Å². The van der Waals surface area contributed by atoms with Crippen LogP contribution in [-0.2, 0) is 4.79 Å². The molecule has 2 aliphatic heterocycles. The van der Waals surface area contributed by atoms with Crippen LogP contribution in [0.3, 0.4) is 0 Å². The van der Waals surface area contributed by atoms with Gasteiger partial charge >= 0.3 is 5.97 Å². The Morgan fingerprint density at radius 1 is 1.47 bits per heavy atom. The maximum Gasteiger partial charge on any atom is 0.303 e. The van der Waals surface area contributed by atoms with Gasteiger partial charge in [0.15, 0.2) is 0 Å². The lowest BCUT2D eigenvalue weighted by atomic mass is 10.2. The predicted molar refractivity (Wildman–Crippen MR) is 60.1 cm³/mol. The smallest absolute Gasteiger partial charge is 0.303 e. The van der Waals surface area contributed by atoms with Crippen molar-refractivity contribution in [3.05, 3.63) is 48.4 Å². The first-order valence-electron chi connectivity index (χ1n) is 4.94. The number of carbonyl (C=O) groups is 1. The third-order valence-electron chi connectivity index (χ3n) is 1.98. The minimum absolute atomic E-state index is 0.222. The Kier molecular flexibility index (Phi) is 4.41. The highest BCUT2D eigenvalue weighted by atomic mass is 16.4. The second-order valence-electron chi connectivity index (χ2n) is 3.12. The summed E-state index contributed by atoms with van der Waals surface area (Å²) in [4.78, 5) is 11.6. The van der Waals surface area contributed by atoms with E-state index in [1.165, 1.54) is 5.70 Å². The molecule has 0 unspecified atom stereocenters. The molecule has 0 atom stereocenters. The molecule has 0 radical (unpaired) electrons. The number of allylic oxidation sites excluding steroid dienone is 5. The van der Waals surface area contributed by atoms with Gasteiger partial charge in [-0.05, 0) is 18.2 Å². The van der Waals surface area contributed by atoms with Crippen molar-refractivity contribution >= 4 is 5.97 Å². The second kappa shape index (κ2) is 5.86. The summed E-state index contributed by atoms with van der Waals surface area (Å²) in [5.74, 6) is -0.745. The molecule has 3 heteroatoms. The standard InChI is InChI=1S/C9H9N.C3H6O2/c1-3-7-10-8-4-2-6-9(10)5-1;1-2-3(4)5/h1-7H,8H2;2H2,1H3,(H,4,5). The van der Waals surface area contributed by atoms with Crippen LogP contribution in [0.5, 0.6) is 0 Å². The highest BCUT2D eigenvalue weighted by Crippen LogP contribution is 2.14. The van der Waals surface area contributed by atoms with Crippen LogP contribution < -0.4 is 0 Å². The van der Waals surface area contributed by atoms with Crippen molar-refractivity contribution in [3.8, 4) is 0 Å². The quantitative estimate of drug-likeness (QED) is 0.714. The molecule has 3 nitrogen and oxygen atoms in total. The van der Waals surface area contributed by atoms with Gasteiger partial charge in [-0.15, -0.1) is 0 Å². The first-order valence-corrected chi connectivity index (χ1v) is 4.94. The third kappa shape index (κ3) is 3.85. The Balaban J connectivity index is 0.000000195. The van der Waals surface area contributed by atoms with Gasteiger partial charge in [0.2, 0.25) is 0 Å². The summed E-state index contributed by atoms with van der Waals surface area (Å²) in [7, 11) is 0. The fraction of sp³-hybridized carbons (Fsp3) is 0.250. The van der Waals surface area contributed by atoms with Crippen LogP contribution >= 0.6 is 0 Å². The summed E-state index contributed by atoms with van der Waals surface area (Å²) in [6, 6.07) is 0. The topological polar surface area (TPSA) is 40.5 Å². The Morgan fingerprint density at radius 2 is 2.20 bits per heavy atom. The first kappa shape index (κ1) is 11.3. The molecule has 0 bridgehead atoms. The zero-order chi connectivity index (χ0) is 11.1. The number of aliphatic carboxylic acids is 1. The molecule has 0 spiro atoms. The molecule has 0 fully saturated rings. The van der Waals surface area contributed by atoms with E-state index in [1.807, 2.05) is 0 Å². The molecular formula is C12H15NO2. The molecule has 0 aromatic carbocycles. The van der Waals surface area contributed by atoms with E-state index in [4.69, 9.17) is 5.11 Å². The van der Waals surface area contributed by atoms with Gasteiger partial charge in [0.05, 0.1) is 0 Å². The molecule has 0 aliphatic carbocycles. The van der Waals surface area contributed by atoms with Gasteiger partial charge < -0.3 is 10.0 Å². The molecule has 2 aliphatic rings. The van der Waals surface area contributed by atoms with Crippen molar-refractivity contribution < 1.29 is 9.90 Å². The van der Waals surface area contributed by atoms with E-state index in [9.17, 15) is 4.79 Å². The van der Waals surface area contributed by atoms with Crippen molar-refractivity contribution in [1.29, 1.82) is 0 Å². The highest BCUT2D eigenvalue weighted by Gasteiger charge is 2.05. The van der Waals surface area contributed by atoms with Crippen LogP contribution in [0.4, 0.5) is 0 Å². The van der Waals surface area contributed by atoms with Crippen molar-refractivity contribution in [3.63, 3.8) is 0 Å². The van der Waals surface area contributed by atoms with Crippen molar-refractivity contribution in [2.75, 3.05) is 6.54 Å². The number of carboxylic acid groups (broad SMARTS) is 1. The summed E-state index contributed by atoms with van der Waals surface area (Å²) in [5, 5.41) is 7.72. The summed E-state index contributed by atoms with van der Waals surface area (Å²) in [6.45, 7) is 2.61. The van der Waals surface area contributed by atoms with Gasteiger partial charge in [-0.1, -0.05) is 25.2 Å². The monoisotopic (exact) mass is 205 g/mol. The number of hydrogen-bond donors (Lipinski definition) is 1. The van der Waals surface area contributed by atoms with Crippen LogP contribution in [-0.4, -0.2) is 22.5 Å². The van der Waals surface area contributed by atoms with Crippen LogP contribution in [0.25, 0.3) is 0 Å². The summed E-state index contributed by atoms with van der Waals surface area (Å²) < 4.78 is 0. The number of fused-ring (bicyclic) bond motifs is 1. The van der Waals surface area contributed by atoms with E-state index in [-0.39, 0.29) is 6.42 Å².